The minimum absolute atomic E-state index is 0.0372. The second kappa shape index (κ2) is 12.0. The summed E-state index contributed by atoms with van der Waals surface area (Å²) in [4.78, 5) is 15.1. The second-order valence-electron chi connectivity index (χ2n) is 9.38. The van der Waals surface area contributed by atoms with Gasteiger partial charge in [-0.1, -0.05) is 71.1 Å². The summed E-state index contributed by atoms with van der Waals surface area (Å²) in [6, 6.07) is 21.0. The van der Waals surface area contributed by atoms with E-state index in [0.29, 0.717) is 10.7 Å². The van der Waals surface area contributed by atoms with Crippen LogP contribution in [0.15, 0.2) is 82.2 Å². The van der Waals surface area contributed by atoms with Crippen molar-refractivity contribution in [1.82, 2.24) is 9.21 Å². The van der Waals surface area contributed by atoms with Crippen LogP contribution in [0.3, 0.4) is 0 Å². The number of anilines is 1. The van der Waals surface area contributed by atoms with Crippen molar-refractivity contribution in [2.75, 3.05) is 19.4 Å². The van der Waals surface area contributed by atoms with Crippen molar-refractivity contribution in [3.63, 3.8) is 0 Å². The van der Waals surface area contributed by atoms with Gasteiger partial charge in [-0.2, -0.15) is 4.31 Å². The Kier molecular flexibility index (Phi) is 8.95. The molecule has 0 aliphatic heterocycles. The van der Waals surface area contributed by atoms with Crippen LogP contribution >= 0.6 is 27.5 Å². The zero-order valence-electron chi connectivity index (χ0n) is 20.9. The number of carbonyl (C=O) groups is 1. The fourth-order valence-corrected chi connectivity index (χ4v) is 6.58. The van der Waals surface area contributed by atoms with E-state index >= 15 is 0 Å². The zero-order valence-corrected chi connectivity index (χ0v) is 24.1. The Bertz CT molecular complexity index is 1260. The van der Waals surface area contributed by atoms with Crippen molar-refractivity contribution in [3.05, 3.63) is 93.4 Å². The quantitative estimate of drug-likeness (QED) is 0.307. The molecule has 1 unspecified atom stereocenters. The molecule has 1 aliphatic carbocycles. The van der Waals surface area contributed by atoms with Crippen molar-refractivity contribution < 1.29 is 13.2 Å². The molecule has 0 aromatic heterocycles. The zero-order chi connectivity index (χ0) is 26.6. The molecule has 2 amide bonds. The predicted molar refractivity (Wildman–Crippen MR) is 152 cm³/mol. The molecule has 6 nitrogen and oxygen atoms in total. The maximum absolute atomic E-state index is 13.3. The molecule has 1 atom stereocenters. The molecular formula is C28H31BrClN3O3S. The van der Waals surface area contributed by atoms with Crippen LogP contribution in [-0.2, 0) is 10.0 Å². The summed E-state index contributed by atoms with van der Waals surface area (Å²) in [5.41, 5.74) is 2.37. The molecule has 9 heteroatoms. The minimum atomic E-state index is -3.60. The summed E-state index contributed by atoms with van der Waals surface area (Å²) in [6.07, 6.45) is 5.06. The Morgan fingerprint density at radius 2 is 1.43 bits per heavy atom. The van der Waals surface area contributed by atoms with Crippen LogP contribution < -0.4 is 5.32 Å². The van der Waals surface area contributed by atoms with E-state index in [0.717, 1.165) is 47.7 Å². The topological polar surface area (TPSA) is 69.7 Å². The summed E-state index contributed by atoms with van der Waals surface area (Å²) in [5, 5.41) is 3.52. The van der Waals surface area contributed by atoms with Gasteiger partial charge in [-0.05, 0) is 72.5 Å². The third-order valence-electron chi connectivity index (χ3n) is 6.95. The summed E-state index contributed by atoms with van der Waals surface area (Å²) in [7, 11) is -0.205. The van der Waals surface area contributed by atoms with Gasteiger partial charge in [0, 0.05) is 35.3 Å². The summed E-state index contributed by atoms with van der Waals surface area (Å²) in [6.45, 7) is 0. The fourth-order valence-electron chi connectivity index (χ4n) is 4.78. The van der Waals surface area contributed by atoms with Crippen LogP contribution in [0.1, 0.15) is 49.3 Å². The Labute approximate surface area is 232 Å². The Hall–Kier alpha value is -2.39. The van der Waals surface area contributed by atoms with Crippen LogP contribution in [0.25, 0.3) is 0 Å². The van der Waals surface area contributed by atoms with Gasteiger partial charge in [0.2, 0.25) is 10.0 Å². The molecule has 1 fully saturated rings. The van der Waals surface area contributed by atoms with E-state index in [4.69, 9.17) is 11.6 Å². The van der Waals surface area contributed by atoms with Gasteiger partial charge in [-0.25, -0.2) is 13.2 Å². The van der Waals surface area contributed by atoms with Gasteiger partial charge >= 0.3 is 6.03 Å². The molecule has 1 N–H and O–H groups in total. The third-order valence-corrected chi connectivity index (χ3v) is 9.66. The van der Waals surface area contributed by atoms with E-state index in [2.05, 4.69) is 21.2 Å². The summed E-state index contributed by atoms with van der Waals surface area (Å²) < 4.78 is 28.7. The largest absolute Gasteiger partial charge is 0.322 e. The molecule has 1 aliphatic rings. The number of hydrogen-bond donors (Lipinski definition) is 1. The van der Waals surface area contributed by atoms with Crippen LogP contribution in [0.2, 0.25) is 5.02 Å². The highest BCUT2D eigenvalue weighted by Crippen LogP contribution is 2.31. The number of carbonyl (C=O) groups excluding carboxylic acids is 1. The Balaban J connectivity index is 1.51. The highest BCUT2D eigenvalue weighted by atomic mass is 79.9. The molecule has 3 aromatic carbocycles. The molecule has 37 heavy (non-hydrogen) atoms. The first-order chi connectivity index (χ1) is 17.7. The van der Waals surface area contributed by atoms with E-state index < -0.39 is 10.0 Å². The lowest BCUT2D eigenvalue weighted by Gasteiger charge is -2.30. The van der Waals surface area contributed by atoms with E-state index in [1.54, 1.807) is 55.4 Å². The van der Waals surface area contributed by atoms with Gasteiger partial charge in [0.1, 0.15) is 0 Å². The van der Waals surface area contributed by atoms with Gasteiger partial charge in [0.25, 0.3) is 0 Å². The molecule has 0 heterocycles. The van der Waals surface area contributed by atoms with Gasteiger partial charge in [-0.15, -0.1) is 0 Å². The molecular weight excluding hydrogens is 574 g/mol. The molecule has 4 rings (SSSR count). The lowest BCUT2D eigenvalue weighted by molar-refractivity contribution is 0.212. The van der Waals surface area contributed by atoms with Crippen LogP contribution in [0.4, 0.5) is 10.5 Å². The molecule has 196 valence electrons. The summed E-state index contributed by atoms with van der Waals surface area (Å²) >= 11 is 9.56. The average molecular weight is 605 g/mol. The number of benzene rings is 3. The number of halogens is 2. The number of amides is 2. The molecule has 0 saturated heterocycles. The van der Waals surface area contributed by atoms with Crippen LogP contribution in [-0.4, -0.2) is 43.8 Å². The molecule has 0 radical (unpaired) electrons. The average Bonchev–Trinajstić information content (AvgIpc) is 2.91. The lowest BCUT2D eigenvalue weighted by atomic mass is 9.96. The SMILES string of the molecule is CN(C(=O)Nc1ccc(S(=O)(=O)N(C)C2CCCCC2)cc1)C(c1ccc(Cl)cc1)c1ccc(Br)cc1. The standard InChI is InChI=1S/C28H31BrClN3O3S/c1-32(27(20-8-12-22(29)13-9-20)21-10-14-23(30)15-11-21)28(34)31-24-16-18-26(19-17-24)37(35,36)33(2)25-6-4-3-5-7-25/h8-19,25,27H,3-7H2,1-2H3,(H,31,34). The maximum atomic E-state index is 13.3. The molecule has 3 aromatic rings. The van der Waals surface area contributed by atoms with Crippen molar-refractivity contribution in [2.24, 2.45) is 0 Å². The van der Waals surface area contributed by atoms with E-state index in [-0.39, 0.29) is 23.0 Å². The minimum Gasteiger partial charge on any atom is -0.316 e. The van der Waals surface area contributed by atoms with E-state index in [9.17, 15) is 13.2 Å². The third kappa shape index (κ3) is 6.55. The first kappa shape index (κ1) is 27.6. The van der Waals surface area contributed by atoms with Crippen LogP contribution in [0, 0.1) is 0 Å². The first-order valence-electron chi connectivity index (χ1n) is 12.3. The van der Waals surface area contributed by atoms with Crippen molar-refractivity contribution in [1.29, 1.82) is 0 Å². The van der Waals surface area contributed by atoms with Crippen LogP contribution in [0.5, 0.6) is 0 Å². The predicted octanol–water partition coefficient (Wildman–Crippen LogP) is 7.31. The van der Waals surface area contributed by atoms with Gasteiger partial charge in [0.15, 0.2) is 0 Å². The Morgan fingerprint density at radius 3 is 2.00 bits per heavy atom. The normalized spacial score (nSPS) is 15.4. The molecule has 1 saturated carbocycles. The number of sulfonamides is 1. The number of nitrogens with zero attached hydrogens (tertiary/aromatic N) is 2. The van der Waals surface area contributed by atoms with Crippen molar-refractivity contribution in [3.8, 4) is 0 Å². The van der Waals surface area contributed by atoms with E-state index in [1.807, 2.05) is 36.4 Å². The van der Waals surface area contributed by atoms with Gasteiger partial charge in [-0.3, -0.25) is 0 Å². The second-order valence-corrected chi connectivity index (χ2v) is 12.7. The number of hydrogen-bond acceptors (Lipinski definition) is 3. The van der Waals surface area contributed by atoms with Crippen molar-refractivity contribution in [2.45, 2.75) is 49.1 Å². The molecule has 0 bridgehead atoms. The molecule has 0 spiro atoms. The fraction of sp³-hybridized carbons (Fsp3) is 0.321. The van der Waals surface area contributed by atoms with E-state index in [1.165, 1.54) is 4.31 Å². The smallest absolute Gasteiger partial charge is 0.316 e. The Morgan fingerprint density at radius 1 is 0.892 bits per heavy atom. The highest BCUT2D eigenvalue weighted by Gasteiger charge is 2.29. The monoisotopic (exact) mass is 603 g/mol. The number of urea groups is 1. The maximum Gasteiger partial charge on any atom is 0.322 e. The summed E-state index contributed by atoms with van der Waals surface area (Å²) in [5.74, 6) is 0. The van der Waals surface area contributed by atoms with Gasteiger partial charge < -0.3 is 10.2 Å². The lowest BCUT2D eigenvalue weighted by Crippen LogP contribution is -2.38. The highest BCUT2D eigenvalue weighted by molar-refractivity contribution is 9.10. The van der Waals surface area contributed by atoms with Crippen molar-refractivity contribution >= 4 is 49.3 Å². The number of rotatable bonds is 7. The van der Waals surface area contributed by atoms with Gasteiger partial charge in [0.05, 0.1) is 10.9 Å². The number of nitrogens with one attached hydrogen (secondary N) is 1. The first-order valence-corrected chi connectivity index (χ1v) is 14.9.